The highest BCUT2D eigenvalue weighted by atomic mass is 32.2. The first kappa shape index (κ1) is 14.9. The van der Waals surface area contributed by atoms with Crippen LogP contribution >= 0.6 is 11.8 Å². The minimum absolute atomic E-state index is 0.0130. The summed E-state index contributed by atoms with van der Waals surface area (Å²) < 4.78 is 5.23. The van der Waals surface area contributed by atoms with E-state index in [-0.39, 0.29) is 11.8 Å². The highest BCUT2D eigenvalue weighted by Gasteiger charge is 2.18. The first-order valence-electron chi connectivity index (χ1n) is 7.23. The Hall–Kier alpha value is -2.01. The standard InChI is InChI=1S/C17H18N2O2S/c1-11(16(20)19-17-18-7-8-22-17)12-3-4-14-10-15(21-2)6-5-13(14)9-12/h3-6,9-11H,7-8H2,1-2H3,(H,18,19,20)/t11-/m1/s1. The molecule has 1 N–H and O–H groups in total. The van der Waals surface area contributed by atoms with Crippen molar-refractivity contribution in [3.63, 3.8) is 0 Å². The molecule has 0 fully saturated rings. The molecular weight excluding hydrogens is 296 g/mol. The van der Waals surface area contributed by atoms with Crippen LogP contribution in [0.4, 0.5) is 0 Å². The summed E-state index contributed by atoms with van der Waals surface area (Å²) >= 11 is 1.59. The monoisotopic (exact) mass is 314 g/mol. The van der Waals surface area contributed by atoms with E-state index in [9.17, 15) is 4.79 Å². The number of nitrogens with one attached hydrogen (secondary N) is 1. The van der Waals surface area contributed by atoms with Gasteiger partial charge in [-0.05, 0) is 35.4 Å². The third kappa shape index (κ3) is 3.09. The van der Waals surface area contributed by atoms with Gasteiger partial charge in [0.25, 0.3) is 0 Å². The second-order valence-electron chi connectivity index (χ2n) is 5.22. The molecule has 2 aromatic rings. The first-order valence-corrected chi connectivity index (χ1v) is 8.22. The fraction of sp³-hybridized carbons (Fsp3) is 0.294. The van der Waals surface area contributed by atoms with Crippen LogP contribution in [0.25, 0.3) is 10.8 Å². The van der Waals surface area contributed by atoms with Gasteiger partial charge in [-0.2, -0.15) is 0 Å². The molecule has 1 aliphatic heterocycles. The zero-order chi connectivity index (χ0) is 15.5. The maximum Gasteiger partial charge on any atom is 0.233 e. The SMILES string of the molecule is COc1ccc2cc([C@@H](C)C(=O)NC3=NCCS3)ccc2c1. The van der Waals surface area contributed by atoms with E-state index in [1.807, 2.05) is 37.3 Å². The predicted octanol–water partition coefficient (Wildman–Crippen LogP) is 3.17. The van der Waals surface area contributed by atoms with E-state index < -0.39 is 0 Å². The summed E-state index contributed by atoms with van der Waals surface area (Å²) in [6.07, 6.45) is 0. The van der Waals surface area contributed by atoms with E-state index in [1.165, 1.54) is 0 Å². The summed E-state index contributed by atoms with van der Waals surface area (Å²) in [5.74, 6) is 1.56. The molecule has 3 rings (SSSR count). The Morgan fingerprint density at radius 2 is 2.05 bits per heavy atom. The summed E-state index contributed by atoms with van der Waals surface area (Å²) in [6, 6.07) is 12.0. The maximum absolute atomic E-state index is 12.3. The number of rotatable bonds is 3. The summed E-state index contributed by atoms with van der Waals surface area (Å²) in [4.78, 5) is 16.6. The molecule has 1 heterocycles. The molecule has 0 saturated carbocycles. The van der Waals surface area contributed by atoms with Crippen molar-refractivity contribution in [3.8, 4) is 5.75 Å². The van der Waals surface area contributed by atoms with Crippen molar-refractivity contribution in [1.29, 1.82) is 0 Å². The molecule has 0 aliphatic carbocycles. The normalized spacial score (nSPS) is 15.5. The summed E-state index contributed by atoms with van der Waals surface area (Å²) in [5, 5.41) is 5.84. The number of ether oxygens (including phenoxy) is 1. The molecule has 114 valence electrons. The average molecular weight is 314 g/mol. The number of amidine groups is 1. The van der Waals surface area contributed by atoms with Gasteiger partial charge in [-0.3, -0.25) is 9.79 Å². The van der Waals surface area contributed by atoms with Crippen molar-refractivity contribution in [2.45, 2.75) is 12.8 Å². The second kappa shape index (κ2) is 6.40. The third-order valence-corrected chi connectivity index (χ3v) is 4.67. The Balaban J connectivity index is 1.81. The molecule has 0 bridgehead atoms. The lowest BCUT2D eigenvalue weighted by Crippen LogP contribution is -2.31. The van der Waals surface area contributed by atoms with E-state index >= 15 is 0 Å². The topological polar surface area (TPSA) is 50.7 Å². The summed E-state index contributed by atoms with van der Waals surface area (Å²) in [6.45, 7) is 2.70. The van der Waals surface area contributed by atoms with Crippen molar-refractivity contribution in [1.82, 2.24) is 5.32 Å². The van der Waals surface area contributed by atoms with Gasteiger partial charge in [0.05, 0.1) is 19.6 Å². The van der Waals surface area contributed by atoms with Crippen LogP contribution in [0, 0.1) is 0 Å². The van der Waals surface area contributed by atoms with Crippen molar-refractivity contribution in [3.05, 3.63) is 42.0 Å². The van der Waals surface area contributed by atoms with Gasteiger partial charge in [-0.25, -0.2) is 0 Å². The van der Waals surface area contributed by atoms with Gasteiger partial charge in [0, 0.05) is 5.75 Å². The molecule has 0 saturated heterocycles. The first-order chi connectivity index (χ1) is 10.7. The van der Waals surface area contributed by atoms with Gasteiger partial charge in [-0.15, -0.1) is 0 Å². The van der Waals surface area contributed by atoms with Gasteiger partial charge in [0.2, 0.25) is 5.91 Å². The molecule has 0 radical (unpaired) electrons. The fourth-order valence-electron chi connectivity index (χ4n) is 2.41. The van der Waals surface area contributed by atoms with E-state index in [4.69, 9.17) is 4.74 Å². The van der Waals surface area contributed by atoms with Gasteiger partial charge in [-0.1, -0.05) is 36.0 Å². The van der Waals surface area contributed by atoms with Crippen molar-refractivity contribution in [2.75, 3.05) is 19.4 Å². The van der Waals surface area contributed by atoms with Crippen molar-refractivity contribution >= 4 is 33.6 Å². The number of benzene rings is 2. The van der Waals surface area contributed by atoms with Gasteiger partial charge < -0.3 is 10.1 Å². The highest BCUT2D eigenvalue weighted by molar-refractivity contribution is 8.14. The number of methoxy groups -OCH3 is 1. The van der Waals surface area contributed by atoms with Crippen LogP contribution in [-0.2, 0) is 4.79 Å². The minimum atomic E-state index is -0.213. The van der Waals surface area contributed by atoms with Gasteiger partial charge in [0.1, 0.15) is 5.75 Å². The second-order valence-corrected chi connectivity index (χ2v) is 6.30. The lowest BCUT2D eigenvalue weighted by atomic mass is 9.97. The third-order valence-electron chi connectivity index (χ3n) is 3.78. The van der Waals surface area contributed by atoms with Crippen LogP contribution in [0.15, 0.2) is 41.4 Å². The Labute approximate surface area is 134 Å². The molecule has 4 nitrogen and oxygen atoms in total. The van der Waals surface area contributed by atoms with Crippen molar-refractivity contribution in [2.24, 2.45) is 4.99 Å². The maximum atomic E-state index is 12.3. The Morgan fingerprint density at radius 1 is 1.27 bits per heavy atom. The molecular formula is C17H18N2O2S. The molecule has 0 spiro atoms. The summed E-state index contributed by atoms with van der Waals surface area (Å²) in [5.41, 5.74) is 0.999. The zero-order valence-electron chi connectivity index (χ0n) is 12.6. The number of nitrogens with zero attached hydrogens (tertiary/aromatic N) is 1. The average Bonchev–Trinajstić information content (AvgIpc) is 3.06. The number of carbonyl (C=O) groups excluding carboxylic acids is 1. The molecule has 1 aliphatic rings. The van der Waals surface area contributed by atoms with Crippen LogP contribution in [0.1, 0.15) is 18.4 Å². The van der Waals surface area contributed by atoms with Crippen molar-refractivity contribution < 1.29 is 9.53 Å². The number of amides is 1. The molecule has 1 atom stereocenters. The number of hydrogen-bond acceptors (Lipinski definition) is 4. The number of aliphatic imine (C=N–C) groups is 1. The Kier molecular flexibility index (Phi) is 4.34. The fourth-order valence-corrected chi connectivity index (χ4v) is 3.15. The van der Waals surface area contributed by atoms with E-state index in [2.05, 4.69) is 16.4 Å². The highest BCUT2D eigenvalue weighted by Crippen LogP contribution is 2.25. The van der Waals surface area contributed by atoms with E-state index in [0.29, 0.717) is 0 Å². The summed E-state index contributed by atoms with van der Waals surface area (Å²) in [7, 11) is 1.66. The predicted molar refractivity (Wildman–Crippen MR) is 91.8 cm³/mol. The molecule has 2 aromatic carbocycles. The van der Waals surface area contributed by atoms with Crippen LogP contribution in [0.3, 0.4) is 0 Å². The Bertz CT molecular complexity index is 743. The molecule has 0 unspecified atom stereocenters. The minimum Gasteiger partial charge on any atom is -0.497 e. The Morgan fingerprint density at radius 3 is 2.77 bits per heavy atom. The van der Waals surface area contributed by atoms with Gasteiger partial charge >= 0.3 is 0 Å². The number of carbonyl (C=O) groups is 1. The zero-order valence-corrected chi connectivity index (χ0v) is 13.4. The molecule has 0 aromatic heterocycles. The lowest BCUT2D eigenvalue weighted by molar-refractivity contribution is -0.120. The van der Waals surface area contributed by atoms with Gasteiger partial charge in [0.15, 0.2) is 5.17 Å². The number of thioether (sulfide) groups is 1. The molecule has 22 heavy (non-hydrogen) atoms. The van der Waals surface area contributed by atoms with Crippen LogP contribution in [-0.4, -0.2) is 30.5 Å². The molecule has 1 amide bonds. The van der Waals surface area contributed by atoms with Crippen LogP contribution in [0.5, 0.6) is 5.75 Å². The van der Waals surface area contributed by atoms with E-state index in [0.717, 1.165) is 39.6 Å². The van der Waals surface area contributed by atoms with Crippen LogP contribution in [0.2, 0.25) is 0 Å². The van der Waals surface area contributed by atoms with Crippen LogP contribution < -0.4 is 10.1 Å². The smallest absolute Gasteiger partial charge is 0.233 e. The number of fused-ring (bicyclic) bond motifs is 1. The molecule has 5 heteroatoms. The lowest BCUT2D eigenvalue weighted by Gasteiger charge is -2.13. The largest absolute Gasteiger partial charge is 0.497 e. The van der Waals surface area contributed by atoms with E-state index in [1.54, 1.807) is 18.9 Å². The number of hydrogen-bond donors (Lipinski definition) is 1. The quantitative estimate of drug-likeness (QED) is 0.946.